The van der Waals surface area contributed by atoms with Crippen molar-refractivity contribution in [1.29, 1.82) is 0 Å². The molecule has 0 fully saturated rings. The van der Waals surface area contributed by atoms with Gasteiger partial charge in [-0.05, 0) is 55.5 Å². The van der Waals surface area contributed by atoms with E-state index in [9.17, 15) is 10.2 Å². The van der Waals surface area contributed by atoms with E-state index in [4.69, 9.17) is 0 Å². The molecule has 0 aliphatic rings. The van der Waals surface area contributed by atoms with Crippen LogP contribution >= 0.6 is 0 Å². The van der Waals surface area contributed by atoms with Crippen LogP contribution in [-0.4, -0.2) is 10.2 Å². The predicted octanol–water partition coefficient (Wildman–Crippen LogP) is 3.15. The molecule has 1 aromatic carbocycles. The lowest BCUT2D eigenvalue weighted by atomic mass is 9.93. The Morgan fingerprint density at radius 3 is 2.33 bits per heavy atom. The number of phenolic OH excluding ortho intramolecular Hbond substituents is 1. The van der Waals surface area contributed by atoms with Crippen molar-refractivity contribution in [2.45, 2.75) is 46.6 Å². The van der Waals surface area contributed by atoms with Crippen LogP contribution in [0.1, 0.15) is 48.1 Å². The molecule has 1 aromatic rings. The van der Waals surface area contributed by atoms with Gasteiger partial charge in [-0.25, -0.2) is 0 Å². The SMILES string of the molecule is CCCC(O)c1cc(C)c(O)c(C)c1C. The number of aryl methyl sites for hydroxylation is 1. The molecule has 1 atom stereocenters. The van der Waals surface area contributed by atoms with Crippen molar-refractivity contribution in [3.8, 4) is 5.75 Å². The van der Waals surface area contributed by atoms with E-state index < -0.39 is 6.10 Å². The van der Waals surface area contributed by atoms with Crippen molar-refractivity contribution in [3.63, 3.8) is 0 Å². The maximum atomic E-state index is 9.96. The molecule has 0 bridgehead atoms. The Bertz CT molecular complexity index is 356. The van der Waals surface area contributed by atoms with Gasteiger partial charge in [-0.3, -0.25) is 0 Å². The highest BCUT2D eigenvalue weighted by Gasteiger charge is 2.14. The minimum atomic E-state index is -0.409. The van der Waals surface area contributed by atoms with Crippen LogP contribution in [0.15, 0.2) is 6.07 Å². The summed E-state index contributed by atoms with van der Waals surface area (Å²) in [6.45, 7) is 7.76. The van der Waals surface area contributed by atoms with E-state index in [2.05, 4.69) is 6.92 Å². The zero-order chi connectivity index (χ0) is 11.6. The van der Waals surface area contributed by atoms with Gasteiger partial charge < -0.3 is 10.2 Å². The quantitative estimate of drug-likeness (QED) is 0.801. The Hall–Kier alpha value is -1.02. The summed E-state index contributed by atoms with van der Waals surface area (Å²) < 4.78 is 0. The third-order valence-electron chi connectivity index (χ3n) is 3.02. The average Bonchev–Trinajstić information content (AvgIpc) is 2.20. The molecule has 2 nitrogen and oxygen atoms in total. The fourth-order valence-corrected chi connectivity index (χ4v) is 1.87. The van der Waals surface area contributed by atoms with Crippen molar-refractivity contribution >= 4 is 0 Å². The van der Waals surface area contributed by atoms with Gasteiger partial charge in [0, 0.05) is 0 Å². The van der Waals surface area contributed by atoms with E-state index in [0.717, 1.165) is 35.1 Å². The number of aliphatic hydroxyl groups excluding tert-OH is 1. The molecule has 0 heterocycles. The smallest absolute Gasteiger partial charge is 0.121 e. The van der Waals surface area contributed by atoms with Gasteiger partial charge in [0.15, 0.2) is 0 Å². The zero-order valence-corrected chi connectivity index (χ0v) is 9.96. The number of aromatic hydroxyl groups is 1. The minimum absolute atomic E-state index is 0.347. The van der Waals surface area contributed by atoms with E-state index in [1.165, 1.54) is 0 Å². The van der Waals surface area contributed by atoms with E-state index in [1.807, 2.05) is 26.8 Å². The normalized spacial score (nSPS) is 12.9. The van der Waals surface area contributed by atoms with E-state index >= 15 is 0 Å². The maximum absolute atomic E-state index is 9.96. The third kappa shape index (κ3) is 2.32. The van der Waals surface area contributed by atoms with Crippen LogP contribution in [0.4, 0.5) is 0 Å². The van der Waals surface area contributed by atoms with Gasteiger partial charge >= 0.3 is 0 Å². The van der Waals surface area contributed by atoms with Crippen LogP contribution in [-0.2, 0) is 0 Å². The molecule has 1 rings (SSSR count). The second kappa shape index (κ2) is 4.67. The van der Waals surface area contributed by atoms with Gasteiger partial charge in [0.25, 0.3) is 0 Å². The maximum Gasteiger partial charge on any atom is 0.121 e. The average molecular weight is 208 g/mol. The molecule has 0 aromatic heterocycles. The second-order valence-corrected chi connectivity index (χ2v) is 4.19. The fraction of sp³-hybridized carbons (Fsp3) is 0.538. The Morgan fingerprint density at radius 2 is 1.80 bits per heavy atom. The Morgan fingerprint density at radius 1 is 1.20 bits per heavy atom. The highest BCUT2D eigenvalue weighted by atomic mass is 16.3. The molecule has 15 heavy (non-hydrogen) atoms. The van der Waals surface area contributed by atoms with Crippen molar-refractivity contribution in [2.75, 3.05) is 0 Å². The fourth-order valence-electron chi connectivity index (χ4n) is 1.87. The molecular weight excluding hydrogens is 188 g/mol. The van der Waals surface area contributed by atoms with Crippen LogP contribution in [0, 0.1) is 20.8 Å². The number of hydrogen-bond acceptors (Lipinski definition) is 2. The highest BCUT2D eigenvalue weighted by molar-refractivity contribution is 5.48. The van der Waals surface area contributed by atoms with Gasteiger partial charge in [0.2, 0.25) is 0 Å². The van der Waals surface area contributed by atoms with Gasteiger partial charge in [0.05, 0.1) is 6.10 Å². The first-order chi connectivity index (χ1) is 6.99. The van der Waals surface area contributed by atoms with Crippen molar-refractivity contribution in [1.82, 2.24) is 0 Å². The van der Waals surface area contributed by atoms with Crippen molar-refractivity contribution in [3.05, 3.63) is 28.3 Å². The first kappa shape index (κ1) is 12.1. The number of phenols is 1. The molecule has 2 heteroatoms. The molecule has 2 N–H and O–H groups in total. The third-order valence-corrected chi connectivity index (χ3v) is 3.02. The summed E-state index contributed by atoms with van der Waals surface area (Å²) in [7, 11) is 0. The first-order valence-corrected chi connectivity index (χ1v) is 5.46. The van der Waals surface area contributed by atoms with E-state index in [-0.39, 0.29) is 0 Å². The largest absolute Gasteiger partial charge is 0.507 e. The predicted molar refractivity (Wildman–Crippen MR) is 62.2 cm³/mol. The molecule has 0 radical (unpaired) electrons. The molecule has 0 spiro atoms. The Balaban J connectivity index is 3.19. The second-order valence-electron chi connectivity index (χ2n) is 4.19. The van der Waals surface area contributed by atoms with Gasteiger partial charge in [0.1, 0.15) is 5.75 Å². The summed E-state index contributed by atoms with van der Waals surface area (Å²) in [5, 5.41) is 19.7. The molecule has 0 aliphatic carbocycles. The van der Waals surface area contributed by atoms with Crippen LogP contribution in [0.3, 0.4) is 0 Å². The monoisotopic (exact) mass is 208 g/mol. The Labute approximate surface area is 91.6 Å². The van der Waals surface area contributed by atoms with Crippen LogP contribution in [0.5, 0.6) is 5.75 Å². The first-order valence-electron chi connectivity index (χ1n) is 5.46. The standard InChI is InChI=1S/C13H20O2/c1-5-6-12(14)11-7-8(2)13(15)10(4)9(11)3/h7,12,14-15H,5-6H2,1-4H3. The van der Waals surface area contributed by atoms with Crippen LogP contribution in [0.25, 0.3) is 0 Å². The highest BCUT2D eigenvalue weighted by Crippen LogP contribution is 2.31. The number of aliphatic hydroxyl groups is 1. The molecule has 0 amide bonds. The summed E-state index contributed by atoms with van der Waals surface area (Å²) in [6.07, 6.45) is 1.32. The molecular formula is C13H20O2. The lowest BCUT2D eigenvalue weighted by Crippen LogP contribution is -2.02. The van der Waals surface area contributed by atoms with Crippen LogP contribution < -0.4 is 0 Å². The lowest BCUT2D eigenvalue weighted by Gasteiger charge is -2.17. The van der Waals surface area contributed by atoms with Gasteiger partial charge in [-0.2, -0.15) is 0 Å². The molecule has 1 unspecified atom stereocenters. The number of hydrogen-bond donors (Lipinski definition) is 2. The summed E-state index contributed by atoms with van der Waals surface area (Å²) in [5.74, 6) is 0.347. The molecule has 84 valence electrons. The zero-order valence-electron chi connectivity index (χ0n) is 9.96. The van der Waals surface area contributed by atoms with Crippen LogP contribution in [0.2, 0.25) is 0 Å². The molecule has 0 saturated heterocycles. The van der Waals surface area contributed by atoms with E-state index in [1.54, 1.807) is 0 Å². The molecule has 0 aliphatic heterocycles. The number of rotatable bonds is 3. The van der Waals surface area contributed by atoms with Gasteiger partial charge in [-0.15, -0.1) is 0 Å². The van der Waals surface area contributed by atoms with Crippen molar-refractivity contribution < 1.29 is 10.2 Å². The topological polar surface area (TPSA) is 40.5 Å². The van der Waals surface area contributed by atoms with Gasteiger partial charge in [-0.1, -0.05) is 13.3 Å². The summed E-state index contributed by atoms with van der Waals surface area (Å²) in [6, 6.07) is 1.89. The summed E-state index contributed by atoms with van der Waals surface area (Å²) in [5.41, 5.74) is 3.66. The number of benzene rings is 1. The minimum Gasteiger partial charge on any atom is -0.507 e. The summed E-state index contributed by atoms with van der Waals surface area (Å²) >= 11 is 0. The summed E-state index contributed by atoms with van der Waals surface area (Å²) in [4.78, 5) is 0. The lowest BCUT2D eigenvalue weighted by molar-refractivity contribution is 0.165. The van der Waals surface area contributed by atoms with E-state index in [0.29, 0.717) is 5.75 Å². The van der Waals surface area contributed by atoms with Crippen molar-refractivity contribution in [2.24, 2.45) is 0 Å². The Kier molecular flexibility index (Phi) is 3.75. The molecule has 0 saturated carbocycles.